The summed E-state index contributed by atoms with van der Waals surface area (Å²) in [6.07, 6.45) is 0.719. The van der Waals surface area contributed by atoms with E-state index in [-0.39, 0.29) is 18.2 Å². The van der Waals surface area contributed by atoms with Gasteiger partial charge >= 0.3 is 6.03 Å². The normalized spacial score (nSPS) is 11.1. The second-order valence-corrected chi connectivity index (χ2v) is 5.81. The minimum absolute atomic E-state index is 0.0816. The molecule has 0 unspecified atom stereocenters. The van der Waals surface area contributed by atoms with E-state index in [1.165, 1.54) is 0 Å². The van der Waals surface area contributed by atoms with Crippen molar-refractivity contribution in [2.45, 2.75) is 39.3 Å². The fraction of sp³-hybridized carbons (Fsp3) is 0.533. The van der Waals surface area contributed by atoms with E-state index in [0.717, 1.165) is 12.0 Å². The van der Waals surface area contributed by atoms with Crippen LogP contribution in [-0.4, -0.2) is 29.8 Å². The average molecular weight is 295 g/mol. The Morgan fingerprint density at radius 2 is 2.10 bits per heavy atom. The third-order valence-electron chi connectivity index (χ3n) is 2.57. The van der Waals surface area contributed by atoms with Crippen LogP contribution in [0.3, 0.4) is 0 Å². The van der Waals surface area contributed by atoms with Crippen LogP contribution in [0.2, 0.25) is 0 Å². The lowest BCUT2D eigenvalue weighted by Crippen LogP contribution is -2.43. The maximum absolute atomic E-state index is 11.9. The van der Waals surface area contributed by atoms with E-state index in [9.17, 15) is 9.90 Å². The SMILES string of the molecule is CC(C)(C)NC(=O)Nc1ccc(CO)cc1OCCCN. The Hall–Kier alpha value is -1.79. The van der Waals surface area contributed by atoms with Crippen molar-refractivity contribution in [3.63, 3.8) is 0 Å². The smallest absolute Gasteiger partial charge is 0.319 e. The van der Waals surface area contributed by atoms with E-state index < -0.39 is 0 Å². The molecule has 6 nitrogen and oxygen atoms in total. The molecular formula is C15H25N3O3. The van der Waals surface area contributed by atoms with E-state index in [2.05, 4.69) is 10.6 Å². The maximum Gasteiger partial charge on any atom is 0.319 e. The van der Waals surface area contributed by atoms with Crippen LogP contribution < -0.4 is 21.1 Å². The van der Waals surface area contributed by atoms with Gasteiger partial charge in [0.15, 0.2) is 0 Å². The van der Waals surface area contributed by atoms with Crippen molar-refractivity contribution in [3.05, 3.63) is 23.8 Å². The molecule has 0 bridgehead atoms. The number of aliphatic hydroxyl groups is 1. The second kappa shape index (κ2) is 7.85. The van der Waals surface area contributed by atoms with E-state index in [4.69, 9.17) is 10.5 Å². The Morgan fingerprint density at radius 1 is 1.38 bits per heavy atom. The first kappa shape index (κ1) is 17.3. The van der Waals surface area contributed by atoms with E-state index in [0.29, 0.717) is 24.6 Å². The van der Waals surface area contributed by atoms with Crippen molar-refractivity contribution in [3.8, 4) is 5.75 Å². The molecule has 1 aromatic carbocycles. The summed E-state index contributed by atoms with van der Waals surface area (Å²) >= 11 is 0. The summed E-state index contributed by atoms with van der Waals surface area (Å²) in [7, 11) is 0. The summed E-state index contributed by atoms with van der Waals surface area (Å²) in [6, 6.07) is 4.86. The topological polar surface area (TPSA) is 96.6 Å². The number of carbonyl (C=O) groups excluding carboxylic acids is 1. The minimum atomic E-state index is -0.324. The molecule has 5 N–H and O–H groups in total. The molecule has 6 heteroatoms. The number of benzene rings is 1. The van der Waals surface area contributed by atoms with Crippen LogP contribution in [-0.2, 0) is 6.61 Å². The van der Waals surface area contributed by atoms with Gasteiger partial charge in [-0.15, -0.1) is 0 Å². The van der Waals surface area contributed by atoms with Crippen LogP contribution in [0.4, 0.5) is 10.5 Å². The number of aliphatic hydroxyl groups excluding tert-OH is 1. The van der Waals surface area contributed by atoms with Crippen LogP contribution >= 0.6 is 0 Å². The van der Waals surface area contributed by atoms with Crippen molar-refractivity contribution < 1.29 is 14.6 Å². The van der Waals surface area contributed by atoms with Crippen molar-refractivity contribution in [1.29, 1.82) is 0 Å². The highest BCUT2D eigenvalue weighted by atomic mass is 16.5. The monoisotopic (exact) mass is 295 g/mol. The third-order valence-corrected chi connectivity index (χ3v) is 2.57. The first-order valence-corrected chi connectivity index (χ1v) is 7.01. The number of ether oxygens (including phenoxy) is 1. The standard InChI is InChI=1S/C15H25N3O3/c1-15(2,3)18-14(20)17-12-6-5-11(10-19)9-13(12)21-8-4-7-16/h5-6,9,19H,4,7-8,10,16H2,1-3H3,(H2,17,18,20). The lowest BCUT2D eigenvalue weighted by atomic mass is 10.1. The predicted molar refractivity (Wildman–Crippen MR) is 83.4 cm³/mol. The number of rotatable bonds is 6. The molecule has 0 spiro atoms. The number of carbonyl (C=O) groups is 1. The van der Waals surface area contributed by atoms with Gasteiger partial charge in [-0.25, -0.2) is 4.79 Å². The van der Waals surface area contributed by atoms with Crippen LogP contribution in [0.1, 0.15) is 32.8 Å². The van der Waals surface area contributed by atoms with Crippen molar-refractivity contribution in [2.24, 2.45) is 5.73 Å². The number of hydrogen-bond acceptors (Lipinski definition) is 4. The zero-order valence-electron chi connectivity index (χ0n) is 12.9. The van der Waals surface area contributed by atoms with Crippen molar-refractivity contribution >= 4 is 11.7 Å². The molecule has 0 saturated carbocycles. The Kier molecular flexibility index (Phi) is 6.45. The molecule has 118 valence electrons. The number of amides is 2. The molecule has 0 radical (unpaired) electrons. The van der Waals surface area contributed by atoms with Crippen LogP contribution in [0, 0.1) is 0 Å². The van der Waals surface area contributed by atoms with Gasteiger partial charge in [0.25, 0.3) is 0 Å². The Bertz CT molecular complexity index is 470. The van der Waals surface area contributed by atoms with Gasteiger partial charge < -0.3 is 26.2 Å². The summed E-state index contributed by atoms with van der Waals surface area (Å²) in [5, 5.41) is 14.8. The van der Waals surface area contributed by atoms with Gasteiger partial charge in [-0.3, -0.25) is 0 Å². The molecule has 1 rings (SSSR count). The quantitative estimate of drug-likeness (QED) is 0.602. The Balaban J connectivity index is 2.81. The van der Waals surface area contributed by atoms with E-state index in [1.54, 1.807) is 18.2 Å². The van der Waals surface area contributed by atoms with E-state index >= 15 is 0 Å². The third kappa shape index (κ3) is 6.46. The Morgan fingerprint density at radius 3 is 2.67 bits per heavy atom. The first-order chi connectivity index (χ1) is 9.85. The highest BCUT2D eigenvalue weighted by Gasteiger charge is 2.15. The zero-order chi connectivity index (χ0) is 15.9. The molecule has 2 amide bonds. The second-order valence-electron chi connectivity index (χ2n) is 5.81. The molecule has 0 fully saturated rings. The van der Waals surface area contributed by atoms with Crippen LogP contribution in [0.15, 0.2) is 18.2 Å². The molecule has 1 aromatic rings. The summed E-state index contributed by atoms with van der Waals surface area (Å²) in [5.74, 6) is 0.527. The molecule has 0 aliphatic carbocycles. The maximum atomic E-state index is 11.9. The fourth-order valence-electron chi connectivity index (χ4n) is 1.65. The molecule has 0 saturated heterocycles. The average Bonchev–Trinajstić information content (AvgIpc) is 2.38. The zero-order valence-corrected chi connectivity index (χ0v) is 12.9. The summed E-state index contributed by atoms with van der Waals surface area (Å²) in [4.78, 5) is 11.9. The van der Waals surface area contributed by atoms with Crippen LogP contribution in [0.5, 0.6) is 5.75 Å². The number of hydrogen-bond donors (Lipinski definition) is 4. The van der Waals surface area contributed by atoms with Gasteiger partial charge in [0.05, 0.1) is 18.9 Å². The highest BCUT2D eigenvalue weighted by molar-refractivity contribution is 5.91. The van der Waals surface area contributed by atoms with Gasteiger partial charge in [-0.05, 0) is 51.4 Å². The van der Waals surface area contributed by atoms with Crippen molar-refractivity contribution in [2.75, 3.05) is 18.5 Å². The molecule has 21 heavy (non-hydrogen) atoms. The molecule has 0 atom stereocenters. The fourth-order valence-corrected chi connectivity index (χ4v) is 1.65. The van der Waals surface area contributed by atoms with Gasteiger partial charge in [-0.1, -0.05) is 6.07 Å². The summed E-state index contributed by atoms with van der Waals surface area (Å²) in [6.45, 7) is 6.62. The summed E-state index contributed by atoms with van der Waals surface area (Å²) in [5.41, 5.74) is 6.40. The number of nitrogens with one attached hydrogen (secondary N) is 2. The number of nitrogens with two attached hydrogens (primary N) is 1. The summed E-state index contributed by atoms with van der Waals surface area (Å²) < 4.78 is 5.62. The highest BCUT2D eigenvalue weighted by Crippen LogP contribution is 2.26. The molecule has 0 aliphatic heterocycles. The van der Waals surface area contributed by atoms with E-state index in [1.807, 2.05) is 20.8 Å². The molecule has 0 heterocycles. The van der Waals surface area contributed by atoms with Crippen molar-refractivity contribution in [1.82, 2.24) is 5.32 Å². The number of anilines is 1. The van der Waals surface area contributed by atoms with Gasteiger partial charge in [0.2, 0.25) is 0 Å². The van der Waals surface area contributed by atoms with Crippen LogP contribution in [0.25, 0.3) is 0 Å². The lowest BCUT2D eigenvalue weighted by Gasteiger charge is -2.21. The van der Waals surface area contributed by atoms with Gasteiger partial charge in [0, 0.05) is 5.54 Å². The molecule has 0 aromatic heterocycles. The predicted octanol–water partition coefficient (Wildman–Crippen LogP) is 1.83. The minimum Gasteiger partial charge on any atom is -0.491 e. The molecule has 0 aliphatic rings. The van der Waals surface area contributed by atoms with Gasteiger partial charge in [-0.2, -0.15) is 0 Å². The first-order valence-electron chi connectivity index (χ1n) is 7.01. The Labute approximate surface area is 125 Å². The molecular weight excluding hydrogens is 270 g/mol. The number of urea groups is 1. The lowest BCUT2D eigenvalue weighted by molar-refractivity contribution is 0.243. The van der Waals surface area contributed by atoms with Gasteiger partial charge in [0.1, 0.15) is 5.75 Å². The largest absolute Gasteiger partial charge is 0.491 e.